The quantitative estimate of drug-likeness (QED) is 0.855. The van der Waals surface area contributed by atoms with Crippen LogP contribution in [0.15, 0.2) is 53.4 Å². The summed E-state index contributed by atoms with van der Waals surface area (Å²) in [7, 11) is -3.48. The molecule has 0 saturated carbocycles. The summed E-state index contributed by atoms with van der Waals surface area (Å²) in [6.07, 6.45) is 0.746. The van der Waals surface area contributed by atoms with Crippen molar-refractivity contribution < 1.29 is 8.42 Å². The van der Waals surface area contributed by atoms with E-state index < -0.39 is 10.0 Å². The van der Waals surface area contributed by atoms with Gasteiger partial charge in [0, 0.05) is 18.1 Å². The standard InChI is InChI=1S/C15H14ClNO2S/c16-14-6-3-7-15(10-14)20(18,19)17-9-8-12-4-1-2-5-13(12)11-17/h1-7,10H,8-9,11H2. The van der Waals surface area contributed by atoms with Crippen LogP contribution in [0.2, 0.25) is 5.02 Å². The van der Waals surface area contributed by atoms with Crippen molar-refractivity contribution >= 4 is 21.6 Å². The SMILES string of the molecule is O=S(=O)(c1cccc(Cl)c1)N1CCc2ccccc2C1. The average molecular weight is 308 g/mol. The van der Waals surface area contributed by atoms with Crippen molar-refractivity contribution in [1.29, 1.82) is 0 Å². The third kappa shape index (κ3) is 2.46. The maximum absolute atomic E-state index is 12.6. The van der Waals surface area contributed by atoms with Gasteiger partial charge in [0.25, 0.3) is 0 Å². The molecule has 104 valence electrons. The summed E-state index contributed by atoms with van der Waals surface area (Å²) >= 11 is 5.89. The molecule has 1 aliphatic heterocycles. The predicted molar refractivity (Wildman–Crippen MR) is 79.2 cm³/mol. The van der Waals surface area contributed by atoms with Gasteiger partial charge in [-0.05, 0) is 35.7 Å². The fourth-order valence-electron chi connectivity index (χ4n) is 2.45. The van der Waals surface area contributed by atoms with Crippen molar-refractivity contribution in [2.75, 3.05) is 6.54 Å². The van der Waals surface area contributed by atoms with Gasteiger partial charge >= 0.3 is 0 Å². The van der Waals surface area contributed by atoms with Gasteiger partial charge in [-0.3, -0.25) is 0 Å². The first-order valence-corrected chi connectivity index (χ1v) is 8.22. The second kappa shape index (κ2) is 5.20. The maximum Gasteiger partial charge on any atom is 0.243 e. The fraction of sp³-hybridized carbons (Fsp3) is 0.200. The van der Waals surface area contributed by atoms with Crippen molar-refractivity contribution in [3.05, 3.63) is 64.7 Å². The Hall–Kier alpha value is -1.36. The highest BCUT2D eigenvalue weighted by molar-refractivity contribution is 7.89. The third-order valence-electron chi connectivity index (χ3n) is 3.53. The minimum atomic E-state index is -3.48. The lowest BCUT2D eigenvalue weighted by atomic mass is 10.0. The molecule has 0 N–H and O–H groups in total. The van der Waals surface area contributed by atoms with E-state index >= 15 is 0 Å². The number of sulfonamides is 1. The fourth-order valence-corrected chi connectivity index (χ4v) is 4.17. The summed E-state index contributed by atoms with van der Waals surface area (Å²) in [5.74, 6) is 0. The van der Waals surface area contributed by atoms with Crippen LogP contribution in [-0.4, -0.2) is 19.3 Å². The smallest absolute Gasteiger partial charge is 0.207 e. The molecule has 3 rings (SSSR count). The van der Waals surface area contributed by atoms with Gasteiger partial charge in [0.2, 0.25) is 10.0 Å². The Bertz CT molecular complexity index is 743. The molecule has 0 aromatic heterocycles. The van der Waals surface area contributed by atoms with E-state index in [0.717, 1.165) is 12.0 Å². The molecule has 0 radical (unpaired) electrons. The van der Waals surface area contributed by atoms with Crippen molar-refractivity contribution in [2.24, 2.45) is 0 Å². The van der Waals surface area contributed by atoms with Gasteiger partial charge < -0.3 is 0 Å². The monoisotopic (exact) mass is 307 g/mol. The summed E-state index contributed by atoms with van der Waals surface area (Å²) < 4.78 is 26.7. The molecule has 0 amide bonds. The van der Waals surface area contributed by atoms with Gasteiger partial charge in [-0.25, -0.2) is 8.42 Å². The molecule has 20 heavy (non-hydrogen) atoms. The van der Waals surface area contributed by atoms with Crippen LogP contribution in [-0.2, 0) is 23.0 Å². The summed E-state index contributed by atoms with van der Waals surface area (Å²) in [6.45, 7) is 0.927. The molecule has 3 nitrogen and oxygen atoms in total. The Balaban J connectivity index is 1.94. The zero-order valence-electron chi connectivity index (χ0n) is 10.8. The molecule has 2 aromatic rings. The summed E-state index contributed by atoms with van der Waals surface area (Å²) in [6, 6.07) is 14.4. The number of nitrogens with zero attached hydrogens (tertiary/aromatic N) is 1. The number of benzene rings is 2. The zero-order chi connectivity index (χ0) is 14.2. The van der Waals surface area contributed by atoms with E-state index in [1.54, 1.807) is 18.2 Å². The third-order valence-corrected chi connectivity index (χ3v) is 5.61. The highest BCUT2D eigenvalue weighted by Crippen LogP contribution is 2.25. The number of rotatable bonds is 2. The molecule has 0 atom stereocenters. The molecule has 0 saturated heterocycles. The van der Waals surface area contributed by atoms with Crippen LogP contribution >= 0.6 is 11.6 Å². The van der Waals surface area contributed by atoms with E-state index in [9.17, 15) is 8.42 Å². The second-order valence-electron chi connectivity index (χ2n) is 4.81. The molecule has 5 heteroatoms. The van der Waals surface area contributed by atoms with Crippen LogP contribution in [0.3, 0.4) is 0 Å². The van der Waals surface area contributed by atoms with Gasteiger partial charge in [-0.15, -0.1) is 0 Å². The van der Waals surface area contributed by atoms with E-state index in [4.69, 9.17) is 11.6 Å². The van der Waals surface area contributed by atoms with Gasteiger partial charge in [0.05, 0.1) is 4.90 Å². The molecule has 0 unspecified atom stereocenters. The molecule has 1 aliphatic rings. The summed E-state index contributed by atoms with van der Waals surface area (Å²) in [5, 5.41) is 0.434. The van der Waals surface area contributed by atoms with Crippen molar-refractivity contribution in [1.82, 2.24) is 4.31 Å². The van der Waals surface area contributed by atoms with E-state index in [1.807, 2.05) is 18.2 Å². The highest BCUT2D eigenvalue weighted by atomic mass is 35.5. The van der Waals surface area contributed by atoms with Crippen LogP contribution in [0.25, 0.3) is 0 Å². The first kappa shape index (κ1) is 13.6. The Kier molecular flexibility index (Phi) is 3.54. The largest absolute Gasteiger partial charge is 0.243 e. The van der Waals surface area contributed by atoms with E-state index in [1.165, 1.54) is 15.9 Å². The van der Waals surface area contributed by atoms with Crippen molar-refractivity contribution in [3.8, 4) is 0 Å². The van der Waals surface area contributed by atoms with Gasteiger partial charge in [0.1, 0.15) is 0 Å². The minimum Gasteiger partial charge on any atom is -0.207 e. The molecule has 0 bridgehead atoms. The first-order chi connectivity index (χ1) is 9.57. The number of hydrogen-bond donors (Lipinski definition) is 0. The zero-order valence-corrected chi connectivity index (χ0v) is 12.4. The molecule has 0 fully saturated rings. The maximum atomic E-state index is 12.6. The van der Waals surface area contributed by atoms with Gasteiger partial charge in [-0.2, -0.15) is 4.31 Å². The molecular formula is C15H14ClNO2S. The van der Waals surface area contributed by atoms with Crippen LogP contribution < -0.4 is 0 Å². The van der Waals surface area contributed by atoms with E-state index in [2.05, 4.69) is 6.07 Å². The first-order valence-electron chi connectivity index (χ1n) is 6.40. The topological polar surface area (TPSA) is 37.4 Å². The van der Waals surface area contributed by atoms with Gasteiger partial charge in [0.15, 0.2) is 0 Å². The molecule has 0 spiro atoms. The predicted octanol–water partition coefficient (Wildman–Crippen LogP) is 3.09. The number of halogens is 1. The Labute approximate surface area is 123 Å². The Morgan fingerprint density at radius 2 is 1.75 bits per heavy atom. The average Bonchev–Trinajstić information content (AvgIpc) is 2.46. The van der Waals surface area contributed by atoms with Crippen LogP contribution in [0.1, 0.15) is 11.1 Å². The molecule has 0 aliphatic carbocycles. The van der Waals surface area contributed by atoms with Crippen LogP contribution in [0.4, 0.5) is 0 Å². The van der Waals surface area contributed by atoms with Crippen LogP contribution in [0, 0.1) is 0 Å². The van der Waals surface area contributed by atoms with E-state index in [-0.39, 0.29) is 4.90 Å². The van der Waals surface area contributed by atoms with Crippen molar-refractivity contribution in [3.63, 3.8) is 0 Å². The second-order valence-corrected chi connectivity index (χ2v) is 7.19. The highest BCUT2D eigenvalue weighted by Gasteiger charge is 2.28. The normalized spacial score (nSPS) is 15.8. The molecular weight excluding hydrogens is 294 g/mol. The Morgan fingerprint density at radius 1 is 1.00 bits per heavy atom. The summed E-state index contributed by atoms with van der Waals surface area (Å²) in [5.41, 5.74) is 2.30. The number of fused-ring (bicyclic) bond motifs is 1. The van der Waals surface area contributed by atoms with Gasteiger partial charge in [-0.1, -0.05) is 41.9 Å². The Morgan fingerprint density at radius 3 is 2.50 bits per heavy atom. The molecule has 1 heterocycles. The minimum absolute atomic E-state index is 0.254. The number of hydrogen-bond acceptors (Lipinski definition) is 2. The van der Waals surface area contributed by atoms with Crippen LogP contribution in [0.5, 0.6) is 0 Å². The molecule has 2 aromatic carbocycles. The lowest BCUT2D eigenvalue weighted by Crippen LogP contribution is -2.35. The van der Waals surface area contributed by atoms with Crippen molar-refractivity contribution in [2.45, 2.75) is 17.9 Å². The lowest BCUT2D eigenvalue weighted by Gasteiger charge is -2.28. The van der Waals surface area contributed by atoms with E-state index in [0.29, 0.717) is 18.1 Å². The summed E-state index contributed by atoms with van der Waals surface area (Å²) in [4.78, 5) is 0.254. The lowest BCUT2D eigenvalue weighted by molar-refractivity contribution is 0.391.